The van der Waals surface area contributed by atoms with Gasteiger partial charge < -0.3 is 10.1 Å². The first-order valence-corrected chi connectivity index (χ1v) is 7.28. The lowest BCUT2D eigenvalue weighted by Crippen LogP contribution is -2.49. The van der Waals surface area contributed by atoms with Crippen LogP contribution in [0, 0.1) is 6.92 Å². The minimum atomic E-state index is 0.339. The van der Waals surface area contributed by atoms with E-state index >= 15 is 0 Å². The Balaban J connectivity index is 1.44. The van der Waals surface area contributed by atoms with Crippen molar-refractivity contribution in [3.05, 3.63) is 17.5 Å². The zero-order valence-electron chi connectivity index (χ0n) is 11.9. The maximum absolute atomic E-state index is 5.94. The summed E-state index contributed by atoms with van der Waals surface area (Å²) in [5, 5.41) is 7.86. The van der Waals surface area contributed by atoms with Crippen LogP contribution >= 0.6 is 0 Å². The minimum absolute atomic E-state index is 0.339. The summed E-state index contributed by atoms with van der Waals surface area (Å²) in [6.45, 7) is 7.12. The largest absolute Gasteiger partial charge is 0.374 e. The molecule has 2 unspecified atom stereocenters. The van der Waals surface area contributed by atoms with Crippen LogP contribution in [0.4, 0.5) is 0 Å². The first-order chi connectivity index (χ1) is 9.22. The van der Waals surface area contributed by atoms with Crippen molar-refractivity contribution in [2.75, 3.05) is 26.2 Å². The van der Waals surface area contributed by atoms with Crippen molar-refractivity contribution in [3.63, 3.8) is 0 Å². The van der Waals surface area contributed by atoms with E-state index in [-0.39, 0.29) is 0 Å². The normalized spacial score (nSPS) is 27.7. The molecule has 2 atom stereocenters. The number of nitrogens with one attached hydrogen (secondary N) is 1. The predicted molar refractivity (Wildman–Crippen MR) is 74.0 cm³/mol. The molecule has 2 fully saturated rings. The molecule has 0 aromatic carbocycles. The molecule has 5 heteroatoms. The van der Waals surface area contributed by atoms with Gasteiger partial charge in [-0.05, 0) is 26.3 Å². The van der Waals surface area contributed by atoms with Gasteiger partial charge in [-0.15, -0.1) is 0 Å². The van der Waals surface area contributed by atoms with Gasteiger partial charge in [0, 0.05) is 44.5 Å². The molecule has 0 amide bonds. The summed E-state index contributed by atoms with van der Waals surface area (Å²) < 4.78 is 7.81. The van der Waals surface area contributed by atoms with Gasteiger partial charge in [-0.1, -0.05) is 0 Å². The topological polar surface area (TPSA) is 42.3 Å². The SMILES string of the molecule is Cc1nn(C)cc1CNCC1CN2CCCC2CO1. The average molecular weight is 264 g/mol. The summed E-state index contributed by atoms with van der Waals surface area (Å²) in [6, 6.07) is 0.691. The Bertz CT molecular complexity index is 431. The van der Waals surface area contributed by atoms with Crippen molar-refractivity contribution >= 4 is 0 Å². The van der Waals surface area contributed by atoms with E-state index in [4.69, 9.17) is 4.74 Å². The van der Waals surface area contributed by atoms with E-state index in [2.05, 4.69) is 28.4 Å². The van der Waals surface area contributed by atoms with E-state index in [1.54, 1.807) is 0 Å². The molecule has 2 saturated heterocycles. The summed E-state index contributed by atoms with van der Waals surface area (Å²) in [4.78, 5) is 2.59. The van der Waals surface area contributed by atoms with E-state index in [0.29, 0.717) is 12.1 Å². The second-order valence-electron chi connectivity index (χ2n) is 5.79. The van der Waals surface area contributed by atoms with Crippen molar-refractivity contribution in [1.29, 1.82) is 0 Å². The molecule has 0 aliphatic carbocycles. The number of rotatable bonds is 4. The Morgan fingerprint density at radius 3 is 3.21 bits per heavy atom. The molecule has 106 valence electrons. The van der Waals surface area contributed by atoms with Crippen molar-refractivity contribution in [2.45, 2.75) is 38.5 Å². The summed E-state index contributed by atoms with van der Waals surface area (Å²) in [7, 11) is 1.97. The fourth-order valence-corrected chi connectivity index (χ4v) is 3.20. The van der Waals surface area contributed by atoms with Gasteiger partial charge in [-0.25, -0.2) is 0 Å². The lowest BCUT2D eigenvalue weighted by molar-refractivity contribution is -0.0470. The molecule has 1 N–H and O–H groups in total. The van der Waals surface area contributed by atoms with Crippen LogP contribution in [0.1, 0.15) is 24.1 Å². The van der Waals surface area contributed by atoms with Gasteiger partial charge in [-0.3, -0.25) is 9.58 Å². The second-order valence-corrected chi connectivity index (χ2v) is 5.79. The van der Waals surface area contributed by atoms with Crippen LogP contribution in [0.3, 0.4) is 0 Å². The highest BCUT2D eigenvalue weighted by Gasteiger charge is 2.31. The number of hydrogen-bond donors (Lipinski definition) is 1. The molecule has 2 aliphatic rings. The minimum Gasteiger partial charge on any atom is -0.374 e. The number of fused-ring (bicyclic) bond motifs is 1. The van der Waals surface area contributed by atoms with E-state index in [1.165, 1.54) is 24.9 Å². The molecule has 2 aliphatic heterocycles. The molecule has 0 spiro atoms. The van der Waals surface area contributed by atoms with Crippen molar-refractivity contribution in [3.8, 4) is 0 Å². The van der Waals surface area contributed by atoms with Crippen LogP contribution in [-0.4, -0.2) is 53.1 Å². The van der Waals surface area contributed by atoms with Crippen LogP contribution in [0.2, 0.25) is 0 Å². The van der Waals surface area contributed by atoms with Crippen LogP contribution < -0.4 is 5.32 Å². The summed E-state index contributed by atoms with van der Waals surface area (Å²) in [5.41, 5.74) is 2.39. The summed E-state index contributed by atoms with van der Waals surface area (Å²) in [6.07, 6.45) is 5.07. The van der Waals surface area contributed by atoms with Gasteiger partial charge in [0.05, 0.1) is 18.4 Å². The van der Waals surface area contributed by atoms with Gasteiger partial charge in [-0.2, -0.15) is 5.10 Å². The highest BCUT2D eigenvalue weighted by Crippen LogP contribution is 2.22. The van der Waals surface area contributed by atoms with E-state index in [9.17, 15) is 0 Å². The van der Waals surface area contributed by atoms with Gasteiger partial charge >= 0.3 is 0 Å². The average Bonchev–Trinajstić information content (AvgIpc) is 2.96. The quantitative estimate of drug-likeness (QED) is 0.868. The number of aromatic nitrogens is 2. The number of aryl methyl sites for hydroxylation is 2. The molecule has 1 aromatic rings. The van der Waals surface area contributed by atoms with Gasteiger partial charge in [0.2, 0.25) is 0 Å². The van der Waals surface area contributed by atoms with Gasteiger partial charge in [0.15, 0.2) is 0 Å². The maximum atomic E-state index is 5.94. The van der Waals surface area contributed by atoms with E-state index in [0.717, 1.165) is 31.9 Å². The first-order valence-electron chi connectivity index (χ1n) is 7.28. The van der Waals surface area contributed by atoms with Gasteiger partial charge in [0.1, 0.15) is 0 Å². The van der Waals surface area contributed by atoms with Crippen LogP contribution in [0.5, 0.6) is 0 Å². The zero-order valence-corrected chi connectivity index (χ0v) is 11.9. The predicted octanol–water partition coefficient (Wildman–Crippen LogP) is 0.681. The second kappa shape index (κ2) is 5.61. The Hall–Kier alpha value is -0.910. The number of morpholine rings is 1. The first kappa shape index (κ1) is 13.1. The van der Waals surface area contributed by atoms with Crippen molar-refractivity contribution in [2.24, 2.45) is 7.05 Å². The third kappa shape index (κ3) is 2.99. The van der Waals surface area contributed by atoms with Crippen LogP contribution in [0.15, 0.2) is 6.20 Å². The highest BCUT2D eigenvalue weighted by molar-refractivity contribution is 5.14. The lowest BCUT2D eigenvalue weighted by Gasteiger charge is -2.35. The molecule has 0 radical (unpaired) electrons. The smallest absolute Gasteiger partial charge is 0.0827 e. The summed E-state index contributed by atoms with van der Waals surface area (Å²) >= 11 is 0. The Morgan fingerprint density at radius 1 is 1.53 bits per heavy atom. The van der Waals surface area contributed by atoms with E-state index in [1.807, 2.05) is 11.7 Å². The molecule has 19 heavy (non-hydrogen) atoms. The summed E-state index contributed by atoms with van der Waals surface area (Å²) in [5.74, 6) is 0. The molecule has 0 bridgehead atoms. The lowest BCUT2D eigenvalue weighted by atomic mass is 10.2. The molecule has 3 heterocycles. The van der Waals surface area contributed by atoms with Gasteiger partial charge in [0.25, 0.3) is 0 Å². The fraction of sp³-hybridized carbons (Fsp3) is 0.786. The molecular formula is C14H24N4O. The third-order valence-electron chi connectivity index (χ3n) is 4.26. The maximum Gasteiger partial charge on any atom is 0.0827 e. The van der Waals surface area contributed by atoms with Crippen molar-refractivity contribution < 1.29 is 4.74 Å². The number of nitrogens with zero attached hydrogens (tertiary/aromatic N) is 3. The fourth-order valence-electron chi connectivity index (χ4n) is 3.20. The molecule has 3 rings (SSSR count). The standard InChI is InChI=1S/C14H24N4O/c1-11-12(8-17(2)16-11)6-15-7-14-9-18-5-3-4-13(18)10-19-14/h8,13-15H,3-7,9-10H2,1-2H3. The molecule has 5 nitrogen and oxygen atoms in total. The van der Waals surface area contributed by atoms with Crippen LogP contribution in [-0.2, 0) is 18.3 Å². The number of hydrogen-bond acceptors (Lipinski definition) is 4. The number of ether oxygens (including phenoxy) is 1. The molecule has 1 aromatic heterocycles. The Kier molecular flexibility index (Phi) is 3.86. The van der Waals surface area contributed by atoms with Crippen LogP contribution in [0.25, 0.3) is 0 Å². The Morgan fingerprint density at radius 2 is 2.42 bits per heavy atom. The highest BCUT2D eigenvalue weighted by atomic mass is 16.5. The zero-order chi connectivity index (χ0) is 13.2. The molecular weight excluding hydrogens is 240 g/mol. The van der Waals surface area contributed by atoms with E-state index < -0.39 is 0 Å². The monoisotopic (exact) mass is 264 g/mol. The molecule has 0 saturated carbocycles. The third-order valence-corrected chi connectivity index (χ3v) is 4.26. The van der Waals surface area contributed by atoms with Crippen molar-refractivity contribution in [1.82, 2.24) is 20.0 Å². The Labute approximate surface area is 114 Å².